The van der Waals surface area contributed by atoms with Gasteiger partial charge in [-0.2, -0.15) is 0 Å². The van der Waals surface area contributed by atoms with Crippen molar-refractivity contribution in [2.24, 2.45) is 0 Å². The van der Waals surface area contributed by atoms with Crippen LogP contribution in [0.5, 0.6) is 0 Å². The number of methoxy groups -OCH3 is 1. The van der Waals surface area contributed by atoms with Crippen LogP contribution in [0.15, 0.2) is 9.67 Å². The van der Waals surface area contributed by atoms with E-state index >= 15 is 0 Å². The Balaban J connectivity index is 4.35. The molecule has 64 valence electrons. The molecule has 2 nitrogen and oxygen atoms in total. The zero-order valence-electron chi connectivity index (χ0n) is 7.89. The molecule has 0 unspecified atom stereocenters. The van der Waals surface area contributed by atoms with Crippen molar-refractivity contribution in [3.63, 3.8) is 0 Å². The van der Waals surface area contributed by atoms with Gasteiger partial charge in [0.1, 0.15) is 0 Å². The van der Waals surface area contributed by atoms with Crippen molar-refractivity contribution in [3.05, 3.63) is 9.67 Å². The zero-order valence-corrected chi connectivity index (χ0v) is 10.7. The fourth-order valence-electron chi connectivity index (χ4n) is 0.452. The molecule has 0 saturated heterocycles. The minimum absolute atomic E-state index is 0.228. The average Bonchev–Trinajstić information content (AvgIpc) is 1.85. The van der Waals surface area contributed by atoms with Crippen molar-refractivity contribution in [2.75, 3.05) is 7.11 Å². The third-order valence-electron chi connectivity index (χ3n) is 1.72. The maximum atomic E-state index is 10.8. The van der Waals surface area contributed by atoms with E-state index in [-0.39, 0.29) is 5.97 Å². The van der Waals surface area contributed by atoms with Crippen molar-refractivity contribution in [2.45, 2.75) is 21.7 Å². The minimum atomic E-state index is -1.96. The summed E-state index contributed by atoms with van der Waals surface area (Å²) in [5.41, 5.74) is 0. The molecule has 0 aliphatic heterocycles. The van der Waals surface area contributed by atoms with Gasteiger partial charge in [0, 0.05) is 0 Å². The summed E-state index contributed by atoms with van der Waals surface area (Å²) in [6.07, 6.45) is 1.62. The first-order valence-corrected chi connectivity index (χ1v) is 13.6. The molecule has 0 radical (unpaired) electrons. The van der Waals surface area contributed by atoms with Crippen LogP contribution in [-0.4, -0.2) is 31.5 Å². The van der Waals surface area contributed by atoms with Gasteiger partial charge in [-0.3, -0.25) is 0 Å². The van der Waals surface area contributed by atoms with E-state index in [1.165, 1.54) is 10.7 Å². The van der Waals surface area contributed by atoms with Gasteiger partial charge in [0.05, 0.1) is 0 Å². The van der Waals surface area contributed by atoms with Crippen molar-refractivity contribution in [1.29, 1.82) is 0 Å². The normalized spacial score (nSPS) is 13.0. The molecule has 0 rings (SSSR count). The fraction of sp³-hybridized carbons (Fsp3) is 0.625. The van der Waals surface area contributed by atoms with Gasteiger partial charge in [-0.1, -0.05) is 0 Å². The van der Waals surface area contributed by atoms with E-state index in [0.29, 0.717) is 0 Å². The number of hydrogen-bond acceptors (Lipinski definition) is 2. The quantitative estimate of drug-likeness (QED) is 0.432. The molecular weight excluding hydrogens is 247 g/mol. The Morgan fingerprint density at radius 2 is 1.82 bits per heavy atom. The second-order valence-electron chi connectivity index (χ2n) is 3.60. The summed E-state index contributed by atoms with van der Waals surface area (Å²) in [5.74, 6) is -0.228. The molecule has 11 heavy (non-hydrogen) atoms. The van der Waals surface area contributed by atoms with Gasteiger partial charge in [-0.05, 0) is 0 Å². The third-order valence-corrected chi connectivity index (χ3v) is 8.88. The summed E-state index contributed by atoms with van der Waals surface area (Å²) in [4.78, 5) is 17.6. The molecule has 0 saturated carbocycles. The first-order chi connectivity index (χ1) is 4.88. The molecule has 0 fully saturated rings. The number of rotatable bonds is 2. The topological polar surface area (TPSA) is 26.3 Å². The predicted molar refractivity (Wildman–Crippen MR) is 49.1 cm³/mol. The molecule has 0 heterocycles. The first kappa shape index (κ1) is 11.0. The molecule has 0 spiro atoms. The number of carbonyl (C=O) groups excluding carboxylic acids is 1. The van der Waals surface area contributed by atoms with Crippen LogP contribution in [0, 0.1) is 0 Å². The number of hydrogen-bond donors (Lipinski definition) is 0. The molecule has 0 aromatic rings. The van der Waals surface area contributed by atoms with Gasteiger partial charge in [0.2, 0.25) is 0 Å². The monoisotopic (exact) mass is 264 g/mol. The van der Waals surface area contributed by atoms with Crippen LogP contribution >= 0.6 is 0 Å². The molecule has 0 aromatic heterocycles. The fourth-order valence-corrected chi connectivity index (χ4v) is 2.02. The summed E-state index contributed by atoms with van der Waals surface area (Å²) in [5, 5.41) is 0. The zero-order chi connectivity index (χ0) is 9.07. The van der Waals surface area contributed by atoms with Crippen LogP contribution in [0.4, 0.5) is 0 Å². The van der Waals surface area contributed by atoms with E-state index in [0.717, 1.165) is 0 Å². The number of esters is 1. The maximum absolute atomic E-state index is 10.8. The Kier molecular flexibility index (Phi) is 4.14. The number of allylic oxidation sites excluding steroid dienone is 1. The van der Waals surface area contributed by atoms with E-state index in [1.807, 2.05) is 6.92 Å². The van der Waals surface area contributed by atoms with Crippen LogP contribution in [0.25, 0.3) is 0 Å². The molecule has 0 aliphatic carbocycles. The van der Waals surface area contributed by atoms with E-state index in [9.17, 15) is 4.79 Å². The van der Waals surface area contributed by atoms with Gasteiger partial charge in [0.25, 0.3) is 0 Å². The van der Waals surface area contributed by atoms with Gasteiger partial charge < -0.3 is 0 Å². The summed E-state index contributed by atoms with van der Waals surface area (Å²) < 4.78 is 5.78. The van der Waals surface area contributed by atoms with Crippen molar-refractivity contribution in [1.82, 2.24) is 0 Å². The van der Waals surface area contributed by atoms with Crippen LogP contribution in [0.1, 0.15) is 6.92 Å². The molecule has 0 aromatic carbocycles. The summed E-state index contributed by atoms with van der Waals surface area (Å²) in [6, 6.07) is 0. The van der Waals surface area contributed by atoms with Crippen molar-refractivity contribution in [3.8, 4) is 0 Å². The number of ether oxygens (including phenoxy) is 1. The Labute approximate surface area is 72.5 Å². The Morgan fingerprint density at radius 1 is 1.36 bits per heavy atom. The summed E-state index contributed by atoms with van der Waals surface area (Å²) in [6.45, 7) is 2.02. The van der Waals surface area contributed by atoms with Gasteiger partial charge in [-0.25, -0.2) is 0 Å². The Morgan fingerprint density at radius 3 is 2.09 bits per heavy atom. The summed E-state index contributed by atoms with van der Waals surface area (Å²) in [7, 11) is 1.41. The van der Waals surface area contributed by atoms with E-state index in [2.05, 4.69) is 19.6 Å². The van der Waals surface area contributed by atoms with Crippen molar-refractivity contribution < 1.29 is 9.53 Å². The van der Waals surface area contributed by atoms with Crippen LogP contribution in [-0.2, 0) is 9.53 Å². The van der Waals surface area contributed by atoms with Crippen LogP contribution < -0.4 is 0 Å². The average molecular weight is 263 g/mol. The van der Waals surface area contributed by atoms with Gasteiger partial charge >= 0.3 is 72.4 Å². The molecule has 0 bridgehead atoms. The Bertz CT molecular complexity index is 177. The van der Waals surface area contributed by atoms with E-state index < -0.39 is 18.4 Å². The van der Waals surface area contributed by atoms with E-state index in [1.54, 1.807) is 6.08 Å². The molecule has 0 aliphatic rings. The Hall–Kier alpha value is 0.00870. The molecule has 0 amide bonds. The predicted octanol–water partition coefficient (Wildman–Crippen LogP) is 1.98. The summed E-state index contributed by atoms with van der Waals surface area (Å²) >= 11 is -1.96. The standard InChI is InChI=1S/C5H7O2.3CH3.Sn/c1-3-4-5(6)7-2;;;;/h4H,1-2H3;3*1H3;. The van der Waals surface area contributed by atoms with Crippen LogP contribution in [0.2, 0.25) is 14.8 Å². The van der Waals surface area contributed by atoms with Crippen molar-refractivity contribution >= 4 is 24.3 Å². The third kappa shape index (κ3) is 4.45. The van der Waals surface area contributed by atoms with Gasteiger partial charge in [0.15, 0.2) is 0 Å². The molecule has 0 atom stereocenters. The second-order valence-corrected chi connectivity index (χ2v) is 18.7. The molecular formula is C8H16O2Sn. The molecule has 3 heteroatoms. The van der Waals surface area contributed by atoms with E-state index in [4.69, 9.17) is 0 Å². The van der Waals surface area contributed by atoms with Crippen LogP contribution in [0.3, 0.4) is 0 Å². The second kappa shape index (κ2) is 4.14. The number of carbonyl (C=O) groups is 1. The molecule has 0 N–H and O–H groups in total. The SMILES string of the molecule is COC(=O)/C=[C](\C)[Sn]([CH3])([CH3])[CH3]. The van der Waals surface area contributed by atoms with Gasteiger partial charge in [-0.15, -0.1) is 0 Å². The first-order valence-electron chi connectivity index (χ1n) is 3.64.